The molecule has 1 aromatic rings. The van der Waals surface area contributed by atoms with Crippen molar-refractivity contribution < 1.29 is 17.9 Å². The number of esters is 1. The number of sulfonamides is 1. The van der Waals surface area contributed by atoms with E-state index in [1.54, 1.807) is 18.4 Å². The van der Waals surface area contributed by atoms with Gasteiger partial charge in [0.15, 0.2) is 5.03 Å². The lowest BCUT2D eigenvalue weighted by Crippen LogP contribution is -2.39. The van der Waals surface area contributed by atoms with Gasteiger partial charge in [0.25, 0.3) is 10.0 Å². The van der Waals surface area contributed by atoms with Crippen molar-refractivity contribution in [3.05, 3.63) is 12.0 Å². The van der Waals surface area contributed by atoms with Crippen LogP contribution in [-0.2, 0) is 26.1 Å². The summed E-state index contributed by atoms with van der Waals surface area (Å²) in [5.41, 5.74) is 0. The molecular formula is C11H19N3O4S. The van der Waals surface area contributed by atoms with Crippen molar-refractivity contribution in [3.63, 3.8) is 0 Å². The lowest BCUT2D eigenvalue weighted by atomic mass is 10.4. The van der Waals surface area contributed by atoms with Crippen LogP contribution in [0, 0.1) is 6.92 Å². The molecule has 0 amide bonds. The topological polar surface area (TPSA) is 90.3 Å². The van der Waals surface area contributed by atoms with Gasteiger partial charge in [0.1, 0.15) is 11.9 Å². The maximum Gasteiger partial charge on any atom is 0.323 e. The second-order valence-electron chi connectivity index (χ2n) is 4.01. The maximum atomic E-state index is 12.0. The second-order valence-corrected chi connectivity index (χ2v) is 5.67. The fourth-order valence-electron chi connectivity index (χ4n) is 1.54. The van der Waals surface area contributed by atoms with E-state index in [4.69, 9.17) is 4.74 Å². The molecule has 1 unspecified atom stereocenters. The van der Waals surface area contributed by atoms with Crippen molar-refractivity contribution in [1.29, 1.82) is 0 Å². The predicted molar refractivity (Wildman–Crippen MR) is 69.1 cm³/mol. The molecule has 108 valence electrons. The second kappa shape index (κ2) is 6.16. The zero-order chi connectivity index (χ0) is 14.6. The van der Waals surface area contributed by atoms with Gasteiger partial charge in [-0.25, -0.2) is 13.4 Å². The van der Waals surface area contributed by atoms with E-state index in [-0.39, 0.29) is 11.6 Å². The molecule has 0 saturated heterocycles. The van der Waals surface area contributed by atoms with Crippen molar-refractivity contribution in [2.45, 2.75) is 45.3 Å². The molecule has 0 aromatic carbocycles. The molecule has 0 bridgehead atoms. The minimum Gasteiger partial charge on any atom is -0.465 e. The van der Waals surface area contributed by atoms with E-state index in [1.807, 2.05) is 6.92 Å². The van der Waals surface area contributed by atoms with E-state index < -0.39 is 22.0 Å². The number of nitrogens with zero attached hydrogens (tertiary/aromatic N) is 2. The van der Waals surface area contributed by atoms with E-state index in [2.05, 4.69) is 9.71 Å². The average Bonchev–Trinajstić information content (AvgIpc) is 2.71. The fourth-order valence-corrected chi connectivity index (χ4v) is 2.74. The number of hydrogen-bond donors (Lipinski definition) is 1. The van der Waals surface area contributed by atoms with Gasteiger partial charge < -0.3 is 9.30 Å². The Morgan fingerprint density at radius 3 is 2.63 bits per heavy atom. The third-order valence-corrected chi connectivity index (χ3v) is 3.95. The Bertz CT molecular complexity index is 550. The van der Waals surface area contributed by atoms with Gasteiger partial charge in [-0.15, -0.1) is 0 Å². The molecule has 0 fully saturated rings. The zero-order valence-corrected chi connectivity index (χ0v) is 12.3. The Labute approximate surface area is 113 Å². The van der Waals surface area contributed by atoms with Gasteiger partial charge >= 0.3 is 5.97 Å². The summed E-state index contributed by atoms with van der Waals surface area (Å²) in [6, 6.07) is -0.947. The Morgan fingerprint density at radius 1 is 1.53 bits per heavy atom. The number of aryl methyl sites for hydroxylation is 2. The molecule has 1 N–H and O–H groups in total. The normalized spacial score (nSPS) is 13.3. The van der Waals surface area contributed by atoms with Crippen molar-refractivity contribution in [2.24, 2.45) is 0 Å². The molecule has 0 spiro atoms. The third kappa shape index (κ3) is 3.77. The molecule has 1 atom stereocenters. The van der Waals surface area contributed by atoms with Crippen molar-refractivity contribution in [3.8, 4) is 0 Å². The van der Waals surface area contributed by atoms with Gasteiger partial charge in [0, 0.05) is 12.7 Å². The summed E-state index contributed by atoms with van der Waals surface area (Å²) >= 11 is 0. The van der Waals surface area contributed by atoms with Crippen molar-refractivity contribution >= 4 is 16.0 Å². The molecule has 7 nitrogen and oxygen atoms in total. The van der Waals surface area contributed by atoms with Crippen LogP contribution in [0.25, 0.3) is 0 Å². The van der Waals surface area contributed by atoms with Gasteiger partial charge in [0.05, 0.1) is 6.61 Å². The highest BCUT2D eigenvalue weighted by Crippen LogP contribution is 2.09. The van der Waals surface area contributed by atoms with Crippen LogP contribution in [0.1, 0.15) is 26.6 Å². The van der Waals surface area contributed by atoms with Crippen LogP contribution < -0.4 is 4.72 Å². The highest BCUT2D eigenvalue weighted by molar-refractivity contribution is 7.89. The van der Waals surface area contributed by atoms with Crippen molar-refractivity contribution in [1.82, 2.24) is 14.3 Å². The van der Waals surface area contributed by atoms with Crippen LogP contribution in [-0.4, -0.2) is 36.6 Å². The molecule has 0 radical (unpaired) electrons. The van der Waals surface area contributed by atoms with E-state index in [1.165, 1.54) is 13.1 Å². The molecule has 1 aromatic heterocycles. The van der Waals surface area contributed by atoms with Crippen molar-refractivity contribution in [2.75, 3.05) is 6.61 Å². The van der Waals surface area contributed by atoms with Gasteiger partial charge in [0.2, 0.25) is 0 Å². The molecule has 8 heteroatoms. The smallest absolute Gasteiger partial charge is 0.323 e. The number of rotatable bonds is 6. The van der Waals surface area contributed by atoms with Crippen LogP contribution in [0.4, 0.5) is 0 Å². The van der Waals surface area contributed by atoms with E-state index >= 15 is 0 Å². The predicted octanol–water partition coefficient (Wildman–Crippen LogP) is 0.441. The largest absolute Gasteiger partial charge is 0.465 e. The van der Waals surface area contributed by atoms with E-state index in [0.717, 1.165) is 0 Å². The highest BCUT2D eigenvalue weighted by Gasteiger charge is 2.25. The number of carbonyl (C=O) groups is 1. The first kappa shape index (κ1) is 15.6. The fraction of sp³-hybridized carbons (Fsp3) is 0.636. The Kier molecular flexibility index (Phi) is 5.07. The summed E-state index contributed by atoms with van der Waals surface area (Å²) in [4.78, 5) is 15.4. The van der Waals surface area contributed by atoms with Crippen LogP contribution in [0.3, 0.4) is 0 Å². The quantitative estimate of drug-likeness (QED) is 0.767. The first-order valence-electron chi connectivity index (χ1n) is 6.04. The number of imidazole rings is 1. The summed E-state index contributed by atoms with van der Waals surface area (Å²) in [7, 11) is -3.82. The molecule has 1 heterocycles. The SMILES string of the molecule is CCOC(=O)C(C)NS(=O)(=O)c1cn(CC)c(C)n1. The molecule has 19 heavy (non-hydrogen) atoms. The number of aromatic nitrogens is 2. The number of carbonyl (C=O) groups excluding carboxylic acids is 1. The summed E-state index contributed by atoms with van der Waals surface area (Å²) in [6.07, 6.45) is 1.44. The molecule has 0 aliphatic heterocycles. The lowest BCUT2D eigenvalue weighted by molar-refractivity contribution is -0.144. The van der Waals surface area contributed by atoms with Crippen LogP contribution in [0.2, 0.25) is 0 Å². The van der Waals surface area contributed by atoms with Crippen LogP contribution >= 0.6 is 0 Å². The molecule has 1 rings (SSSR count). The van der Waals surface area contributed by atoms with Gasteiger partial charge in [-0.2, -0.15) is 4.72 Å². The summed E-state index contributed by atoms with van der Waals surface area (Å²) in [5.74, 6) is -0.00983. The number of nitrogens with one attached hydrogen (secondary N) is 1. The minimum atomic E-state index is -3.82. The summed E-state index contributed by atoms with van der Waals surface area (Å²) < 4.78 is 32.8. The van der Waals surface area contributed by atoms with Gasteiger partial charge in [-0.3, -0.25) is 4.79 Å². The van der Waals surface area contributed by atoms with E-state index in [0.29, 0.717) is 12.4 Å². The molecule has 0 aliphatic rings. The summed E-state index contributed by atoms with van der Waals surface area (Å²) in [6.45, 7) is 7.53. The van der Waals surface area contributed by atoms with Crippen LogP contribution in [0.5, 0.6) is 0 Å². The Morgan fingerprint density at radius 2 is 2.16 bits per heavy atom. The first-order chi connectivity index (χ1) is 8.81. The van der Waals surface area contributed by atoms with Gasteiger partial charge in [-0.1, -0.05) is 0 Å². The minimum absolute atomic E-state index is 0.0944. The zero-order valence-electron chi connectivity index (χ0n) is 11.5. The average molecular weight is 289 g/mol. The van der Waals surface area contributed by atoms with E-state index in [9.17, 15) is 13.2 Å². The summed E-state index contributed by atoms with van der Waals surface area (Å²) in [5, 5.41) is -0.0944. The molecular weight excluding hydrogens is 270 g/mol. The molecule has 0 saturated carbocycles. The van der Waals surface area contributed by atoms with Gasteiger partial charge in [-0.05, 0) is 27.7 Å². The Hall–Kier alpha value is -1.41. The number of ether oxygens (including phenoxy) is 1. The Balaban J connectivity index is 2.89. The lowest BCUT2D eigenvalue weighted by Gasteiger charge is -2.11. The standard InChI is InChI=1S/C11H19N3O4S/c1-5-14-7-10(12-9(14)4)19(16,17)13-8(3)11(15)18-6-2/h7-8,13H,5-6H2,1-4H3. The maximum absolute atomic E-state index is 12.0. The molecule has 0 aliphatic carbocycles. The highest BCUT2D eigenvalue weighted by atomic mass is 32.2. The third-order valence-electron chi connectivity index (χ3n) is 2.54. The monoisotopic (exact) mass is 289 g/mol. The first-order valence-corrected chi connectivity index (χ1v) is 7.52. The van der Waals surface area contributed by atoms with Crippen LogP contribution in [0.15, 0.2) is 11.2 Å². The number of hydrogen-bond acceptors (Lipinski definition) is 5.